The zero-order valence-electron chi connectivity index (χ0n) is 11.6. The van der Waals surface area contributed by atoms with Gasteiger partial charge >= 0.3 is 6.18 Å². The van der Waals surface area contributed by atoms with Crippen molar-refractivity contribution in [3.63, 3.8) is 0 Å². The number of aromatic nitrogens is 1. The molecule has 0 unspecified atom stereocenters. The van der Waals surface area contributed by atoms with Gasteiger partial charge in [0.1, 0.15) is 6.26 Å². The maximum atomic E-state index is 12.6. The molecule has 0 fully saturated rings. The van der Waals surface area contributed by atoms with Gasteiger partial charge in [0.2, 0.25) is 5.89 Å². The monoisotopic (exact) mass is 382 g/mol. The molecule has 2 aromatic carbocycles. The minimum Gasteiger partial charge on any atom is -0.444 e. The van der Waals surface area contributed by atoms with E-state index in [0.29, 0.717) is 22.8 Å². The topological polar surface area (TPSA) is 38.1 Å². The van der Waals surface area contributed by atoms with Crippen LogP contribution >= 0.6 is 15.9 Å². The minimum absolute atomic E-state index is 0.417. The van der Waals surface area contributed by atoms with E-state index in [1.807, 2.05) is 12.1 Å². The van der Waals surface area contributed by atoms with Gasteiger partial charge in [-0.2, -0.15) is 13.2 Å². The molecule has 1 N–H and O–H groups in total. The Morgan fingerprint density at radius 3 is 2.39 bits per heavy atom. The SMILES string of the molecule is FC(F)(F)c1ccc(Nc2ccc(Br)cc2-c2ncco2)cc1. The lowest BCUT2D eigenvalue weighted by Gasteiger charge is -2.12. The standard InChI is InChI=1S/C16H10BrF3N2O/c17-11-3-6-14(13(9-11)15-21-7-8-23-15)22-12-4-1-10(2-5-12)16(18,19)20/h1-9,22H. The Morgan fingerprint density at radius 1 is 1.04 bits per heavy atom. The number of rotatable bonds is 3. The van der Waals surface area contributed by atoms with E-state index in [0.717, 1.165) is 16.6 Å². The van der Waals surface area contributed by atoms with Crippen molar-refractivity contribution in [2.75, 3.05) is 5.32 Å². The van der Waals surface area contributed by atoms with Crippen LogP contribution in [-0.2, 0) is 6.18 Å². The number of nitrogens with one attached hydrogen (secondary N) is 1. The van der Waals surface area contributed by atoms with Crippen LogP contribution < -0.4 is 5.32 Å². The van der Waals surface area contributed by atoms with Gasteiger partial charge in [-0.1, -0.05) is 15.9 Å². The van der Waals surface area contributed by atoms with Crippen molar-refractivity contribution in [1.82, 2.24) is 4.98 Å². The maximum absolute atomic E-state index is 12.6. The van der Waals surface area contributed by atoms with Crippen LogP contribution in [0.15, 0.2) is 63.8 Å². The third-order valence-corrected chi connectivity index (χ3v) is 3.63. The van der Waals surface area contributed by atoms with E-state index >= 15 is 0 Å². The second-order valence-electron chi connectivity index (χ2n) is 4.73. The van der Waals surface area contributed by atoms with Crippen LogP contribution in [0.2, 0.25) is 0 Å². The molecule has 7 heteroatoms. The first-order chi connectivity index (χ1) is 10.9. The van der Waals surface area contributed by atoms with E-state index in [9.17, 15) is 13.2 Å². The van der Waals surface area contributed by atoms with E-state index in [-0.39, 0.29) is 0 Å². The quantitative estimate of drug-likeness (QED) is 0.615. The van der Waals surface area contributed by atoms with Crippen LogP contribution in [0, 0.1) is 0 Å². The van der Waals surface area contributed by atoms with Crippen molar-refractivity contribution in [1.29, 1.82) is 0 Å². The predicted octanol–water partition coefficient (Wildman–Crippen LogP) is 5.87. The molecule has 3 rings (SSSR count). The summed E-state index contributed by atoms with van der Waals surface area (Å²) in [6.07, 6.45) is -1.37. The van der Waals surface area contributed by atoms with E-state index in [1.54, 1.807) is 6.07 Å². The summed E-state index contributed by atoms with van der Waals surface area (Å²) in [5.41, 5.74) is 1.22. The number of nitrogens with zero attached hydrogens (tertiary/aromatic N) is 1. The fourth-order valence-corrected chi connectivity index (χ4v) is 2.42. The molecule has 0 atom stereocenters. The normalized spacial score (nSPS) is 11.5. The highest BCUT2D eigenvalue weighted by molar-refractivity contribution is 9.10. The van der Waals surface area contributed by atoms with Gasteiger partial charge in [-0.25, -0.2) is 4.98 Å². The largest absolute Gasteiger partial charge is 0.444 e. The summed E-state index contributed by atoms with van der Waals surface area (Å²) >= 11 is 3.38. The van der Waals surface area contributed by atoms with Crippen LogP contribution in [0.3, 0.4) is 0 Å². The second-order valence-corrected chi connectivity index (χ2v) is 5.64. The first kappa shape index (κ1) is 15.6. The molecule has 1 heterocycles. The number of alkyl halides is 3. The first-order valence-corrected chi connectivity index (χ1v) is 7.36. The van der Waals surface area contributed by atoms with Gasteiger partial charge in [-0.3, -0.25) is 0 Å². The first-order valence-electron chi connectivity index (χ1n) is 6.57. The summed E-state index contributed by atoms with van der Waals surface area (Å²) in [6.45, 7) is 0. The molecule has 3 aromatic rings. The van der Waals surface area contributed by atoms with E-state index in [1.165, 1.54) is 24.6 Å². The highest BCUT2D eigenvalue weighted by atomic mass is 79.9. The maximum Gasteiger partial charge on any atom is 0.416 e. The zero-order chi connectivity index (χ0) is 16.4. The number of halogens is 4. The molecular formula is C16H10BrF3N2O. The number of hydrogen-bond donors (Lipinski definition) is 1. The lowest BCUT2D eigenvalue weighted by molar-refractivity contribution is -0.137. The van der Waals surface area contributed by atoms with Gasteiger partial charge < -0.3 is 9.73 Å². The van der Waals surface area contributed by atoms with Gasteiger partial charge in [-0.15, -0.1) is 0 Å². The Hall–Kier alpha value is -2.28. The van der Waals surface area contributed by atoms with Crippen LogP contribution in [0.4, 0.5) is 24.5 Å². The van der Waals surface area contributed by atoms with E-state index in [4.69, 9.17) is 4.42 Å². The van der Waals surface area contributed by atoms with Crippen LogP contribution in [0.5, 0.6) is 0 Å². The molecule has 118 valence electrons. The summed E-state index contributed by atoms with van der Waals surface area (Å²) < 4.78 is 43.9. The number of hydrogen-bond acceptors (Lipinski definition) is 3. The molecule has 1 aromatic heterocycles. The van der Waals surface area contributed by atoms with Crippen LogP contribution in [0.1, 0.15) is 5.56 Å². The van der Waals surface area contributed by atoms with Gasteiger partial charge in [0, 0.05) is 10.2 Å². The summed E-state index contributed by atoms with van der Waals surface area (Å²) in [5, 5.41) is 3.08. The molecule has 0 aliphatic rings. The number of oxazole rings is 1. The van der Waals surface area contributed by atoms with E-state index in [2.05, 4.69) is 26.2 Å². The van der Waals surface area contributed by atoms with Crippen LogP contribution in [0.25, 0.3) is 11.5 Å². The number of anilines is 2. The Balaban J connectivity index is 1.91. The molecule has 23 heavy (non-hydrogen) atoms. The lowest BCUT2D eigenvalue weighted by atomic mass is 10.1. The van der Waals surface area contributed by atoms with Crippen molar-refractivity contribution in [3.05, 3.63) is 65.0 Å². The van der Waals surface area contributed by atoms with Crippen molar-refractivity contribution < 1.29 is 17.6 Å². The van der Waals surface area contributed by atoms with E-state index < -0.39 is 11.7 Å². The van der Waals surface area contributed by atoms with Crippen molar-refractivity contribution in [2.24, 2.45) is 0 Å². The predicted molar refractivity (Wildman–Crippen MR) is 84.4 cm³/mol. The zero-order valence-corrected chi connectivity index (χ0v) is 13.1. The average molecular weight is 383 g/mol. The summed E-state index contributed by atoms with van der Waals surface area (Å²) in [7, 11) is 0. The molecule has 0 saturated carbocycles. The molecule has 0 radical (unpaired) electrons. The third kappa shape index (κ3) is 3.56. The molecule has 0 bridgehead atoms. The van der Waals surface area contributed by atoms with Gasteiger partial charge in [0.05, 0.1) is 23.0 Å². The van der Waals surface area contributed by atoms with Crippen LogP contribution in [-0.4, -0.2) is 4.98 Å². The van der Waals surface area contributed by atoms with Crippen molar-refractivity contribution in [3.8, 4) is 11.5 Å². The Bertz CT molecular complexity index is 799. The molecular weight excluding hydrogens is 373 g/mol. The second kappa shape index (κ2) is 6.08. The smallest absolute Gasteiger partial charge is 0.416 e. The minimum atomic E-state index is -4.35. The Morgan fingerprint density at radius 2 is 1.78 bits per heavy atom. The Kier molecular flexibility index (Phi) is 4.12. The van der Waals surface area contributed by atoms with Gasteiger partial charge in [0.25, 0.3) is 0 Å². The van der Waals surface area contributed by atoms with Crippen molar-refractivity contribution >= 4 is 27.3 Å². The molecule has 0 aliphatic carbocycles. The number of benzene rings is 2. The summed E-state index contributed by atoms with van der Waals surface area (Å²) in [6, 6.07) is 10.3. The summed E-state index contributed by atoms with van der Waals surface area (Å²) in [5.74, 6) is 0.417. The highest BCUT2D eigenvalue weighted by Gasteiger charge is 2.29. The molecule has 0 saturated heterocycles. The lowest BCUT2D eigenvalue weighted by Crippen LogP contribution is -2.04. The highest BCUT2D eigenvalue weighted by Crippen LogP contribution is 2.33. The fourth-order valence-electron chi connectivity index (χ4n) is 2.06. The van der Waals surface area contributed by atoms with Crippen molar-refractivity contribution in [2.45, 2.75) is 6.18 Å². The average Bonchev–Trinajstić information content (AvgIpc) is 3.03. The molecule has 0 spiro atoms. The fraction of sp³-hybridized carbons (Fsp3) is 0.0625. The summed E-state index contributed by atoms with van der Waals surface area (Å²) in [4.78, 5) is 4.10. The van der Waals surface area contributed by atoms with Gasteiger partial charge in [0.15, 0.2) is 0 Å². The molecule has 3 nitrogen and oxygen atoms in total. The Labute approximate surface area is 138 Å². The van der Waals surface area contributed by atoms with Gasteiger partial charge in [-0.05, 0) is 42.5 Å². The third-order valence-electron chi connectivity index (χ3n) is 3.14. The molecule has 0 amide bonds. The molecule has 0 aliphatic heterocycles.